The summed E-state index contributed by atoms with van der Waals surface area (Å²) in [5.74, 6) is 0. The van der Waals surface area contributed by atoms with Crippen molar-refractivity contribution in [1.29, 1.82) is 0 Å². The molecule has 0 atom stereocenters. The molecule has 4 heteroatoms. The quantitative estimate of drug-likeness (QED) is 0.857. The van der Waals surface area contributed by atoms with Gasteiger partial charge < -0.3 is 10.1 Å². The van der Waals surface area contributed by atoms with Gasteiger partial charge in [-0.2, -0.15) is 0 Å². The molecule has 1 rings (SSSR count). The highest BCUT2D eigenvalue weighted by atomic mass is 16.6. The first-order valence-electron chi connectivity index (χ1n) is 6.75. The Labute approximate surface area is 121 Å². The molecule has 1 aromatic rings. The molecule has 1 N–H and O–H groups in total. The molecule has 0 saturated carbocycles. The van der Waals surface area contributed by atoms with Crippen LogP contribution in [0.3, 0.4) is 0 Å². The van der Waals surface area contributed by atoms with Crippen molar-refractivity contribution in [3.8, 4) is 0 Å². The fourth-order valence-corrected chi connectivity index (χ4v) is 1.44. The van der Waals surface area contributed by atoms with Gasteiger partial charge in [0, 0.05) is 12.8 Å². The summed E-state index contributed by atoms with van der Waals surface area (Å²) in [6.07, 6.45) is 1.40. The highest BCUT2D eigenvalue weighted by Gasteiger charge is 2.20. The Morgan fingerprint density at radius 1 is 1.20 bits per heavy atom. The standard InChI is InChI=1S/C16H24N2O2/c1-15(2,3)20-14(19)17-12-16(4,5)18-11-13-9-7-6-8-10-13/h6-11H,12H2,1-5H3,(H,17,19)/b18-11+. The molecule has 1 aromatic carbocycles. The molecule has 110 valence electrons. The van der Waals surface area contributed by atoms with Gasteiger partial charge in [-0.3, -0.25) is 4.99 Å². The van der Waals surface area contributed by atoms with Crippen LogP contribution in [0.5, 0.6) is 0 Å². The van der Waals surface area contributed by atoms with Gasteiger partial charge in [-0.05, 0) is 40.2 Å². The Morgan fingerprint density at radius 3 is 2.35 bits per heavy atom. The maximum atomic E-state index is 11.6. The van der Waals surface area contributed by atoms with Crippen LogP contribution in [0.15, 0.2) is 35.3 Å². The van der Waals surface area contributed by atoms with Crippen molar-refractivity contribution in [1.82, 2.24) is 5.32 Å². The minimum Gasteiger partial charge on any atom is -0.444 e. The van der Waals surface area contributed by atoms with Gasteiger partial charge in [0.15, 0.2) is 0 Å². The highest BCUT2D eigenvalue weighted by Crippen LogP contribution is 2.10. The Hall–Kier alpha value is -1.84. The number of rotatable bonds is 4. The number of alkyl carbamates (subject to hydrolysis) is 1. The molecule has 0 saturated heterocycles. The SMILES string of the molecule is CC(C)(CNC(=O)OC(C)(C)C)/N=C/c1ccccc1. The number of amides is 1. The fraction of sp³-hybridized carbons (Fsp3) is 0.500. The normalized spacial score (nSPS) is 12.4. The predicted octanol–water partition coefficient (Wildman–Crippen LogP) is 3.41. The Bertz CT molecular complexity index is 459. The Balaban J connectivity index is 2.49. The third-order valence-corrected chi connectivity index (χ3v) is 2.43. The lowest BCUT2D eigenvalue weighted by Crippen LogP contribution is -2.40. The molecule has 4 nitrogen and oxygen atoms in total. The lowest BCUT2D eigenvalue weighted by atomic mass is 10.1. The average Bonchev–Trinajstić information content (AvgIpc) is 2.34. The van der Waals surface area contributed by atoms with Crippen LogP contribution in [-0.4, -0.2) is 30.0 Å². The summed E-state index contributed by atoms with van der Waals surface area (Å²) in [5, 5.41) is 2.74. The van der Waals surface area contributed by atoms with Crippen LogP contribution in [0, 0.1) is 0 Å². The van der Waals surface area contributed by atoms with Crippen LogP contribution in [0.25, 0.3) is 0 Å². The number of nitrogens with one attached hydrogen (secondary N) is 1. The number of nitrogens with zero attached hydrogens (tertiary/aromatic N) is 1. The van der Waals surface area contributed by atoms with E-state index in [2.05, 4.69) is 10.3 Å². The van der Waals surface area contributed by atoms with E-state index in [0.29, 0.717) is 6.54 Å². The number of ether oxygens (including phenoxy) is 1. The number of carbonyl (C=O) groups is 1. The second-order valence-corrected chi connectivity index (χ2v) is 6.34. The second kappa shape index (κ2) is 6.55. The van der Waals surface area contributed by atoms with E-state index in [4.69, 9.17) is 4.74 Å². The highest BCUT2D eigenvalue weighted by molar-refractivity contribution is 5.79. The summed E-state index contributed by atoms with van der Waals surface area (Å²) in [6.45, 7) is 9.86. The molecule has 0 aromatic heterocycles. The van der Waals surface area contributed by atoms with Crippen LogP contribution in [0.1, 0.15) is 40.2 Å². The van der Waals surface area contributed by atoms with E-state index in [9.17, 15) is 4.79 Å². The molecular weight excluding hydrogens is 252 g/mol. The smallest absolute Gasteiger partial charge is 0.407 e. The van der Waals surface area contributed by atoms with Crippen molar-refractivity contribution in [2.45, 2.75) is 45.8 Å². The van der Waals surface area contributed by atoms with E-state index in [0.717, 1.165) is 5.56 Å². The maximum absolute atomic E-state index is 11.6. The van der Waals surface area contributed by atoms with Crippen LogP contribution in [0.4, 0.5) is 4.79 Å². The maximum Gasteiger partial charge on any atom is 0.407 e. The van der Waals surface area contributed by atoms with Gasteiger partial charge in [-0.15, -0.1) is 0 Å². The van der Waals surface area contributed by atoms with E-state index in [1.54, 1.807) is 0 Å². The van der Waals surface area contributed by atoms with Gasteiger partial charge in [0.05, 0.1) is 5.54 Å². The van der Waals surface area contributed by atoms with Crippen molar-refractivity contribution >= 4 is 12.3 Å². The van der Waals surface area contributed by atoms with Crippen molar-refractivity contribution in [2.24, 2.45) is 4.99 Å². The van der Waals surface area contributed by atoms with Crippen molar-refractivity contribution in [3.63, 3.8) is 0 Å². The second-order valence-electron chi connectivity index (χ2n) is 6.34. The van der Waals surface area contributed by atoms with Crippen LogP contribution < -0.4 is 5.32 Å². The van der Waals surface area contributed by atoms with E-state index in [1.165, 1.54) is 0 Å². The predicted molar refractivity (Wildman–Crippen MR) is 82.4 cm³/mol. The molecular formula is C16H24N2O2. The van der Waals surface area contributed by atoms with Crippen molar-refractivity contribution in [2.75, 3.05) is 6.54 Å². The summed E-state index contributed by atoms with van der Waals surface area (Å²) >= 11 is 0. The summed E-state index contributed by atoms with van der Waals surface area (Å²) in [4.78, 5) is 16.1. The zero-order chi connectivity index (χ0) is 15.2. The van der Waals surface area contributed by atoms with Gasteiger partial charge in [-0.25, -0.2) is 4.79 Å². The molecule has 0 aliphatic heterocycles. The van der Waals surface area contributed by atoms with E-state index in [1.807, 2.05) is 71.2 Å². The summed E-state index contributed by atoms with van der Waals surface area (Å²) in [5.41, 5.74) is 0.173. The lowest BCUT2D eigenvalue weighted by molar-refractivity contribution is 0.0518. The topological polar surface area (TPSA) is 50.7 Å². The van der Waals surface area contributed by atoms with Crippen LogP contribution >= 0.6 is 0 Å². The van der Waals surface area contributed by atoms with Gasteiger partial charge in [0.25, 0.3) is 0 Å². The first-order chi connectivity index (χ1) is 9.18. The summed E-state index contributed by atoms with van der Waals surface area (Å²) < 4.78 is 5.19. The van der Waals surface area contributed by atoms with Crippen molar-refractivity contribution in [3.05, 3.63) is 35.9 Å². The molecule has 0 unspecified atom stereocenters. The number of hydrogen-bond donors (Lipinski definition) is 1. The molecule has 0 aliphatic rings. The molecule has 0 radical (unpaired) electrons. The molecule has 0 bridgehead atoms. The third kappa shape index (κ3) is 6.92. The summed E-state index contributed by atoms with van der Waals surface area (Å²) in [6, 6.07) is 9.87. The average molecular weight is 276 g/mol. The lowest BCUT2D eigenvalue weighted by Gasteiger charge is -2.23. The largest absolute Gasteiger partial charge is 0.444 e. The molecule has 0 fully saturated rings. The monoisotopic (exact) mass is 276 g/mol. The van der Waals surface area contributed by atoms with E-state index in [-0.39, 0.29) is 5.54 Å². The Morgan fingerprint density at radius 2 is 1.80 bits per heavy atom. The minimum absolute atomic E-state index is 0.382. The first-order valence-corrected chi connectivity index (χ1v) is 6.75. The molecule has 20 heavy (non-hydrogen) atoms. The van der Waals surface area contributed by atoms with Gasteiger partial charge in [0.2, 0.25) is 0 Å². The van der Waals surface area contributed by atoms with Crippen LogP contribution in [0.2, 0.25) is 0 Å². The zero-order valence-corrected chi connectivity index (χ0v) is 12.9. The van der Waals surface area contributed by atoms with E-state index < -0.39 is 11.7 Å². The molecule has 0 spiro atoms. The van der Waals surface area contributed by atoms with Gasteiger partial charge >= 0.3 is 6.09 Å². The fourth-order valence-electron chi connectivity index (χ4n) is 1.44. The summed E-state index contributed by atoms with van der Waals surface area (Å²) in [7, 11) is 0. The van der Waals surface area contributed by atoms with Gasteiger partial charge in [-0.1, -0.05) is 30.3 Å². The number of carbonyl (C=O) groups excluding carboxylic acids is 1. The third-order valence-electron chi connectivity index (χ3n) is 2.43. The minimum atomic E-state index is -0.485. The zero-order valence-electron chi connectivity index (χ0n) is 12.9. The van der Waals surface area contributed by atoms with Crippen LogP contribution in [-0.2, 0) is 4.74 Å². The number of hydrogen-bond acceptors (Lipinski definition) is 3. The van der Waals surface area contributed by atoms with Gasteiger partial charge in [0.1, 0.15) is 5.60 Å². The Kier molecular flexibility index (Phi) is 5.31. The molecule has 1 amide bonds. The van der Waals surface area contributed by atoms with E-state index >= 15 is 0 Å². The molecule has 0 aliphatic carbocycles. The van der Waals surface area contributed by atoms with Crippen molar-refractivity contribution < 1.29 is 9.53 Å². The number of aliphatic imine (C=N–C) groups is 1. The molecule has 0 heterocycles. The number of benzene rings is 1. The first kappa shape index (κ1) is 16.2.